The lowest BCUT2D eigenvalue weighted by atomic mass is 9.95. The SMILES string of the molecule is CC(F)(F)c1ccccc1-c1ncccc1CNCC1CCN(c2nccc(C=C3SC(=O)NC3=O)n2)CC1. The van der Waals surface area contributed by atoms with E-state index in [1.807, 2.05) is 12.1 Å². The molecule has 3 aromatic rings. The first-order chi connectivity index (χ1) is 18.8. The first-order valence-electron chi connectivity index (χ1n) is 12.7. The summed E-state index contributed by atoms with van der Waals surface area (Å²) in [5.41, 5.74) is 2.44. The second kappa shape index (κ2) is 11.6. The van der Waals surface area contributed by atoms with Crippen LogP contribution >= 0.6 is 11.8 Å². The van der Waals surface area contributed by atoms with Crippen molar-refractivity contribution in [2.75, 3.05) is 24.5 Å². The van der Waals surface area contributed by atoms with E-state index < -0.39 is 11.8 Å². The quantitative estimate of drug-likeness (QED) is 0.379. The van der Waals surface area contributed by atoms with Crippen molar-refractivity contribution in [2.24, 2.45) is 5.92 Å². The number of hydrogen-bond donors (Lipinski definition) is 2. The van der Waals surface area contributed by atoms with E-state index in [1.165, 1.54) is 6.07 Å². The number of nitrogens with zero attached hydrogens (tertiary/aromatic N) is 4. The lowest BCUT2D eigenvalue weighted by molar-refractivity contribution is -0.115. The van der Waals surface area contributed by atoms with E-state index >= 15 is 0 Å². The first-order valence-corrected chi connectivity index (χ1v) is 13.5. The van der Waals surface area contributed by atoms with Crippen molar-refractivity contribution >= 4 is 34.9 Å². The van der Waals surface area contributed by atoms with E-state index in [0.717, 1.165) is 56.7 Å². The smallest absolute Gasteiger partial charge is 0.290 e. The number of thioether (sulfide) groups is 1. The van der Waals surface area contributed by atoms with Crippen LogP contribution < -0.4 is 15.5 Å². The number of piperidine rings is 1. The van der Waals surface area contributed by atoms with Crippen LogP contribution in [0.5, 0.6) is 0 Å². The van der Waals surface area contributed by atoms with Gasteiger partial charge in [-0.05, 0) is 60.8 Å². The van der Waals surface area contributed by atoms with Crippen LogP contribution in [0.4, 0.5) is 19.5 Å². The van der Waals surface area contributed by atoms with E-state index in [2.05, 4.69) is 30.5 Å². The molecule has 2 amide bonds. The number of pyridine rings is 1. The van der Waals surface area contributed by atoms with E-state index in [4.69, 9.17) is 0 Å². The van der Waals surface area contributed by atoms with Crippen molar-refractivity contribution in [1.29, 1.82) is 0 Å². The number of alkyl halides is 2. The highest BCUT2D eigenvalue weighted by molar-refractivity contribution is 8.18. The summed E-state index contributed by atoms with van der Waals surface area (Å²) in [7, 11) is 0. The van der Waals surface area contributed by atoms with Gasteiger partial charge in [0.2, 0.25) is 5.95 Å². The monoisotopic (exact) mass is 550 g/mol. The molecule has 0 bridgehead atoms. The number of halogens is 2. The predicted molar refractivity (Wildman–Crippen MR) is 147 cm³/mol. The summed E-state index contributed by atoms with van der Waals surface area (Å²) in [4.78, 5) is 39.1. The molecule has 2 aliphatic rings. The van der Waals surface area contributed by atoms with Gasteiger partial charge in [0.25, 0.3) is 17.1 Å². The molecule has 0 unspecified atom stereocenters. The maximum Gasteiger partial charge on any atom is 0.290 e. The van der Waals surface area contributed by atoms with Gasteiger partial charge in [-0.1, -0.05) is 30.3 Å². The van der Waals surface area contributed by atoms with Crippen LogP contribution in [0.3, 0.4) is 0 Å². The Hall–Kier alpha value is -3.70. The van der Waals surface area contributed by atoms with Gasteiger partial charge >= 0.3 is 0 Å². The van der Waals surface area contributed by atoms with Crippen molar-refractivity contribution in [2.45, 2.75) is 32.2 Å². The first kappa shape index (κ1) is 26.9. The average Bonchev–Trinajstić information content (AvgIpc) is 3.25. The van der Waals surface area contributed by atoms with Gasteiger partial charge < -0.3 is 10.2 Å². The fourth-order valence-electron chi connectivity index (χ4n) is 4.79. The van der Waals surface area contributed by atoms with E-state index in [-0.39, 0.29) is 10.8 Å². The molecular formula is C28H28F2N6O2S. The zero-order chi connectivity index (χ0) is 27.4. The van der Waals surface area contributed by atoms with Crippen LogP contribution in [0.25, 0.3) is 17.3 Å². The molecule has 8 nitrogen and oxygen atoms in total. The Kier molecular flexibility index (Phi) is 7.99. The number of anilines is 1. The molecule has 2 aliphatic heterocycles. The average molecular weight is 551 g/mol. The molecule has 0 radical (unpaired) electrons. The lowest BCUT2D eigenvalue weighted by Crippen LogP contribution is -2.38. The molecule has 2 N–H and O–H groups in total. The number of carbonyl (C=O) groups is 2. The third-order valence-electron chi connectivity index (χ3n) is 6.78. The molecule has 0 saturated carbocycles. The molecule has 39 heavy (non-hydrogen) atoms. The number of amides is 2. The maximum atomic E-state index is 14.2. The van der Waals surface area contributed by atoms with Gasteiger partial charge in [0.05, 0.1) is 16.3 Å². The highest BCUT2D eigenvalue weighted by Crippen LogP contribution is 2.36. The predicted octanol–water partition coefficient (Wildman–Crippen LogP) is 4.98. The lowest BCUT2D eigenvalue weighted by Gasteiger charge is -2.32. The second-order valence-electron chi connectivity index (χ2n) is 9.64. The molecule has 0 atom stereocenters. The second-order valence-corrected chi connectivity index (χ2v) is 10.7. The summed E-state index contributed by atoms with van der Waals surface area (Å²) in [6, 6.07) is 12.0. The molecule has 1 aromatic carbocycles. The number of benzene rings is 1. The van der Waals surface area contributed by atoms with Gasteiger partial charge in [0, 0.05) is 50.1 Å². The minimum absolute atomic E-state index is 0.0291. The molecule has 0 aliphatic carbocycles. The molecule has 11 heteroatoms. The van der Waals surface area contributed by atoms with E-state index in [0.29, 0.717) is 40.3 Å². The Morgan fingerprint density at radius 2 is 1.90 bits per heavy atom. The summed E-state index contributed by atoms with van der Waals surface area (Å²) < 4.78 is 28.5. The topological polar surface area (TPSA) is 100 Å². The fraction of sp³-hybridized carbons (Fsp3) is 0.321. The van der Waals surface area contributed by atoms with Crippen molar-refractivity contribution in [3.8, 4) is 11.3 Å². The van der Waals surface area contributed by atoms with Crippen molar-refractivity contribution in [3.05, 3.63) is 76.6 Å². The Bertz CT molecular complexity index is 1400. The third kappa shape index (κ3) is 6.48. The maximum absolute atomic E-state index is 14.2. The van der Waals surface area contributed by atoms with Crippen molar-refractivity contribution in [3.63, 3.8) is 0 Å². The number of carbonyl (C=O) groups excluding carboxylic acids is 2. The number of imide groups is 1. The third-order valence-corrected chi connectivity index (χ3v) is 7.59. The van der Waals surface area contributed by atoms with Gasteiger partial charge in [-0.15, -0.1) is 0 Å². The summed E-state index contributed by atoms with van der Waals surface area (Å²) in [5.74, 6) is -2.33. The van der Waals surface area contributed by atoms with Gasteiger partial charge in [-0.25, -0.2) is 18.7 Å². The molecule has 2 fully saturated rings. The molecule has 0 spiro atoms. The zero-order valence-electron chi connectivity index (χ0n) is 21.4. The van der Waals surface area contributed by atoms with Crippen LogP contribution in [-0.4, -0.2) is 45.7 Å². The van der Waals surface area contributed by atoms with Crippen LogP contribution in [0.2, 0.25) is 0 Å². The Morgan fingerprint density at radius 3 is 2.64 bits per heavy atom. The zero-order valence-corrected chi connectivity index (χ0v) is 22.2. The highest BCUT2D eigenvalue weighted by Gasteiger charge is 2.29. The standard InChI is InChI=1S/C28H28F2N6O2S/c1-28(29,30)22-7-3-2-6-21(22)24-19(5-4-11-32-24)17-31-16-18-9-13-36(14-10-18)26-33-12-8-20(34-26)15-23-25(37)35-27(38)39-23/h2-8,11-12,15,18,31H,9-10,13-14,16-17H2,1H3,(H,35,37,38). The van der Waals surface area contributed by atoms with Gasteiger partial charge in [0.15, 0.2) is 0 Å². The van der Waals surface area contributed by atoms with Crippen LogP contribution in [0.1, 0.15) is 36.6 Å². The summed E-state index contributed by atoms with van der Waals surface area (Å²) in [6.45, 7) is 3.81. The Morgan fingerprint density at radius 1 is 1.10 bits per heavy atom. The van der Waals surface area contributed by atoms with Crippen LogP contribution in [-0.2, 0) is 17.3 Å². The van der Waals surface area contributed by atoms with Gasteiger partial charge in [-0.2, -0.15) is 0 Å². The van der Waals surface area contributed by atoms with Gasteiger partial charge in [0.1, 0.15) is 0 Å². The van der Waals surface area contributed by atoms with E-state index in [1.54, 1.807) is 42.7 Å². The number of nitrogens with one attached hydrogen (secondary N) is 2. The van der Waals surface area contributed by atoms with Gasteiger partial charge in [-0.3, -0.25) is 19.9 Å². The van der Waals surface area contributed by atoms with Crippen molar-refractivity contribution in [1.82, 2.24) is 25.6 Å². The number of aromatic nitrogens is 3. The molecule has 202 valence electrons. The minimum Gasteiger partial charge on any atom is -0.341 e. The van der Waals surface area contributed by atoms with Crippen LogP contribution in [0.15, 0.2) is 59.8 Å². The number of hydrogen-bond acceptors (Lipinski definition) is 8. The molecule has 5 rings (SSSR count). The summed E-state index contributed by atoms with van der Waals surface area (Å²) >= 11 is 0.861. The summed E-state index contributed by atoms with van der Waals surface area (Å²) in [5, 5.41) is 5.35. The van der Waals surface area contributed by atoms with Crippen LogP contribution in [0, 0.1) is 5.92 Å². The summed E-state index contributed by atoms with van der Waals surface area (Å²) in [6.07, 6.45) is 6.77. The molecule has 2 saturated heterocycles. The molecule has 4 heterocycles. The normalized spacial score (nSPS) is 17.6. The molecular weight excluding hydrogens is 522 g/mol. The minimum atomic E-state index is -2.96. The van der Waals surface area contributed by atoms with E-state index in [9.17, 15) is 18.4 Å². The van der Waals surface area contributed by atoms with Crippen molar-refractivity contribution < 1.29 is 18.4 Å². The number of rotatable bonds is 8. The largest absolute Gasteiger partial charge is 0.341 e. The Labute approximate surface area is 229 Å². The molecule has 2 aromatic heterocycles. The Balaban J connectivity index is 1.17. The highest BCUT2D eigenvalue weighted by atomic mass is 32.2. The fourth-order valence-corrected chi connectivity index (χ4v) is 5.46.